The Hall–Kier alpha value is -3.31. The summed E-state index contributed by atoms with van der Waals surface area (Å²) in [5.74, 6) is -1.60. The maximum Gasteiger partial charge on any atom is 0.331 e. The minimum Gasteiger partial charge on any atom is -0.508 e. The third-order valence-electron chi connectivity index (χ3n) is 7.15. The van der Waals surface area contributed by atoms with Gasteiger partial charge >= 0.3 is 5.97 Å². The number of phenols is 3. The number of ether oxygens (including phenoxy) is 5. The number of aliphatic hydroxyl groups is 5. The van der Waals surface area contributed by atoms with Crippen molar-refractivity contribution >= 4 is 12.0 Å². The van der Waals surface area contributed by atoms with Crippen molar-refractivity contribution in [2.45, 2.75) is 74.8 Å². The summed E-state index contributed by atoms with van der Waals surface area (Å²) in [6.45, 7) is 1.05. The minimum absolute atomic E-state index is 0.0471. The number of benzene rings is 2. The molecule has 10 atom stereocenters. The van der Waals surface area contributed by atoms with Crippen LogP contribution < -0.4 is 0 Å². The summed E-state index contributed by atoms with van der Waals surface area (Å²) in [6, 6.07) is 10.3. The number of carbonyl (C=O) groups excluding carboxylic acids is 1. The third kappa shape index (κ3) is 8.20. The monoisotopic (exact) mass is 608 g/mol. The second-order valence-corrected chi connectivity index (χ2v) is 10.3. The summed E-state index contributed by atoms with van der Waals surface area (Å²) >= 11 is 0. The predicted octanol–water partition coefficient (Wildman–Crippen LogP) is -0.722. The summed E-state index contributed by atoms with van der Waals surface area (Å²) in [4.78, 5) is 12.7. The van der Waals surface area contributed by atoms with E-state index in [1.807, 2.05) is 0 Å². The van der Waals surface area contributed by atoms with Crippen LogP contribution in [0.4, 0.5) is 0 Å². The molecule has 4 rings (SSSR count). The van der Waals surface area contributed by atoms with E-state index in [-0.39, 0.29) is 18.1 Å². The van der Waals surface area contributed by atoms with E-state index < -0.39 is 79.7 Å². The molecule has 43 heavy (non-hydrogen) atoms. The van der Waals surface area contributed by atoms with Gasteiger partial charge in [0, 0.05) is 6.08 Å². The molecule has 2 aliphatic rings. The van der Waals surface area contributed by atoms with E-state index in [9.17, 15) is 45.6 Å². The number of hydrogen-bond donors (Lipinski definition) is 8. The highest BCUT2D eigenvalue weighted by Gasteiger charge is 2.49. The molecule has 0 bridgehead atoms. The van der Waals surface area contributed by atoms with Crippen LogP contribution in [-0.4, -0.2) is 121 Å². The van der Waals surface area contributed by atoms with Crippen LogP contribution in [0, 0.1) is 0 Å². The van der Waals surface area contributed by atoms with Gasteiger partial charge in [-0.25, -0.2) is 4.79 Å². The first kappa shape index (κ1) is 32.6. The molecule has 2 aliphatic heterocycles. The van der Waals surface area contributed by atoms with Gasteiger partial charge in [0.25, 0.3) is 0 Å². The SMILES string of the molecule is C[C@@H]1O[C@H](OC[C@H]2O[C@@H](OCCc3ccc(O)cc3)[C@H](O)[C@@H](O)[C@@H]2OC(=O)/C=C/c2ccc(O)c(O)c2)[C@H](O)[C@H](O)[C@H]1O. The predicted molar refractivity (Wildman–Crippen MR) is 145 cm³/mol. The van der Waals surface area contributed by atoms with Crippen LogP contribution in [0.5, 0.6) is 17.2 Å². The Balaban J connectivity index is 1.45. The summed E-state index contributed by atoms with van der Waals surface area (Å²) in [7, 11) is 0. The first-order chi connectivity index (χ1) is 20.4. The molecule has 0 aromatic heterocycles. The van der Waals surface area contributed by atoms with Crippen molar-refractivity contribution in [2.24, 2.45) is 0 Å². The van der Waals surface area contributed by atoms with Crippen molar-refractivity contribution in [3.8, 4) is 17.2 Å². The maximum atomic E-state index is 12.7. The van der Waals surface area contributed by atoms with Gasteiger partial charge in [-0.2, -0.15) is 0 Å². The molecule has 236 valence electrons. The van der Waals surface area contributed by atoms with E-state index in [0.717, 1.165) is 11.6 Å². The molecule has 0 saturated carbocycles. The maximum absolute atomic E-state index is 12.7. The molecule has 2 saturated heterocycles. The molecule has 0 aliphatic carbocycles. The van der Waals surface area contributed by atoms with Crippen molar-refractivity contribution < 1.29 is 69.3 Å². The Morgan fingerprint density at radius 2 is 1.49 bits per heavy atom. The average molecular weight is 609 g/mol. The van der Waals surface area contributed by atoms with Crippen LogP contribution >= 0.6 is 0 Å². The molecular weight excluding hydrogens is 572 g/mol. The number of rotatable bonds is 10. The van der Waals surface area contributed by atoms with Crippen LogP contribution in [0.2, 0.25) is 0 Å². The fourth-order valence-electron chi connectivity index (χ4n) is 4.60. The van der Waals surface area contributed by atoms with Crippen molar-refractivity contribution in [3.63, 3.8) is 0 Å². The molecule has 0 spiro atoms. The molecule has 14 heteroatoms. The van der Waals surface area contributed by atoms with Crippen LogP contribution in [0.3, 0.4) is 0 Å². The fourth-order valence-corrected chi connectivity index (χ4v) is 4.60. The molecule has 2 heterocycles. The Labute approximate surface area is 246 Å². The fraction of sp³-hybridized carbons (Fsp3) is 0.483. The number of hydrogen-bond acceptors (Lipinski definition) is 14. The van der Waals surface area contributed by atoms with Crippen molar-refractivity contribution in [2.75, 3.05) is 13.2 Å². The van der Waals surface area contributed by atoms with Crippen LogP contribution in [-0.2, 0) is 34.9 Å². The lowest BCUT2D eigenvalue weighted by Gasteiger charge is -2.43. The number of esters is 1. The zero-order chi connectivity index (χ0) is 31.3. The quantitative estimate of drug-likeness (QED) is 0.0947. The zero-order valence-electron chi connectivity index (χ0n) is 23.1. The van der Waals surface area contributed by atoms with Gasteiger partial charge in [0.1, 0.15) is 42.4 Å². The van der Waals surface area contributed by atoms with Gasteiger partial charge in [-0.3, -0.25) is 0 Å². The highest BCUT2D eigenvalue weighted by molar-refractivity contribution is 5.87. The van der Waals surface area contributed by atoms with E-state index in [0.29, 0.717) is 12.0 Å². The lowest BCUT2D eigenvalue weighted by atomic mass is 9.98. The first-order valence-corrected chi connectivity index (χ1v) is 13.6. The van der Waals surface area contributed by atoms with E-state index >= 15 is 0 Å². The second-order valence-electron chi connectivity index (χ2n) is 10.3. The molecule has 2 aromatic rings. The highest BCUT2D eigenvalue weighted by Crippen LogP contribution is 2.29. The third-order valence-corrected chi connectivity index (χ3v) is 7.15. The molecule has 8 N–H and O–H groups in total. The topological polar surface area (TPSA) is 225 Å². The smallest absolute Gasteiger partial charge is 0.331 e. The van der Waals surface area contributed by atoms with Crippen LogP contribution in [0.25, 0.3) is 6.08 Å². The summed E-state index contributed by atoms with van der Waals surface area (Å²) in [5, 5.41) is 80.6. The van der Waals surface area contributed by atoms with Gasteiger partial charge in [0.15, 0.2) is 30.2 Å². The number of aliphatic hydroxyl groups excluding tert-OH is 5. The molecule has 14 nitrogen and oxygen atoms in total. The van der Waals surface area contributed by atoms with Crippen LogP contribution in [0.15, 0.2) is 48.5 Å². The van der Waals surface area contributed by atoms with Gasteiger partial charge in [-0.1, -0.05) is 18.2 Å². The first-order valence-electron chi connectivity index (χ1n) is 13.6. The highest BCUT2D eigenvalue weighted by atomic mass is 16.7. The van der Waals surface area contributed by atoms with Crippen molar-refractivity contribution in [3.05, 3.63) is 59.7 Å². The lowest BCUT2D eigenvalue weighted by molar-refractivity contribution is -0.328. The standard InChI is InChI=1S/C29H36O14/c1-14-22(34)23(35)25(37)29(41-14)40-13-20-27(43-21(33)9-5-16-4-8-18(31)19(32)12-16)24(36)26(38)28(42-20)39-11-10-15-2-6-17(30)7-3-15/h2-9,12,14,20,22-32,34-38H,10-11,13H2,1H3/b9-5+/t14-,20+,22-,23+,24+,25+,26+,27+,28+,29-/m0/s1. The zero-order valence-corrected chi connectivity index (χ0v) is 23.1. The largest absolute Gasteiger partial charge is 0.508 e. The Morgan fingerprint density at radius 3 is 2.19 bits per heavy atom. The van der Waals surface area contributed by atoms with Gasteiger partial charge in [0.2, 0.25) is 0 Å². The summed E-state index contributed by atoms with van der Waals surface area (Å²) < 4.78 is 27.9. The van der Waals surface area contributed by atoms with E-state index in [1.165, 1.54) is 43.3 Å². The molecule has 0 amide bonds. The van der Waals surface area contributed by atoms with Crippen molar-refractivity contribution in [1.82, 2.24) is 0 Å². The Kier molecular flexibility index (Phi) is 10.9. The summed E-state index contributed by atoms with van der Waals surface area (Å²) in [6.07, 6.45) is -11.7. The molecule has 2 fully saturated rings. The number of aromatic hydroxyl groups is 3. The number of phenolic OH excluding ortho intramolecular Hbond substituents is 3. The molecular formula is C29H36O14. The minimum atomic E-state index is -1.71. The van der Waals surface area contributed by atoms with Crippen molar-refractivity contribution in [1.29, 1.82) is 0 Å². The second kappa shape index (κ2) is 14.4. The molecule has 0 radical (unpaired) electrons. The normalized spacial score (nSPS) is 33.0. The molecule has 0 unspecified atom stereocenters. The van der Waals surface area contributed by atoms with E-state index in [1.54, 1.807) is 12.1 Å². The van der Waals surface area contributed by atoms with Crippen LogP contribution in [0.1, 0.15) is 18.1 Å². The van der Waals surface area contributed by atoms with E-state index in [4.69, 9.17) is 23.7 Å². The average Bonchev–Trinajstić information content (AvgIpc) is 2.98. The van der Waals surface area contributed by atoms with Gasteiger partial charge in [-0.15, -0.1) is 0 Å². The van der Waals surface area contributed by atoms with Gasteiger partial charge in [0.05, 0.1) is 19.3 Å². The van der Waals surface area contributed by atoms with Gasteiger partial charge in [-0.05, 0) is 54.8 Å². The summed E-state index contributed by atoms with van der Waals surface area (Å²) in [5.41, 5.74) is 1.18. The lowest BCUT2D eigenvalue weighted by Crippen LogP contribution is -2.62. The van der Waals surface area contributed by atoms with E-state index in [2.05, 4.69) is 0 Å². The Bertz CT molecular complexity index is 1240. The van der Waals surface area contributed by atoms with Gasteiger partial charge < -0.3 is 64.5 Å². The number of carbonyl (C=O) groups is 1. The molecule has 2 aromatic carbocycles. The Morgan fingerprint density at radius 1 is 0.814 bits per heavy atom.